The molecule has 0 fully saturated rings. The summed E-state index contributed by atoms with van der Waals surface area (Å²) >= 11 is 0. The number of aromatic nitrogens is 1. The summed E-state index contributed by atoms with van der Waals surface area (Å²) in [5.74, 6) is 0.766. The van der Waals surface area contributed by atoms with E-state index in [1.54, 1.807) is 18.5 Å². The minimum atomic E-state index is 0.708. The molecule has 0 radical (unpaired) electrons. The van der Waals surface area contributed by atoms with Crippen molar-refractivity contribution in [1.82, 2.24) is 4.98 Å². The average molecular weight is 200 g/mol. The lowest BCUT2D eigenvalue weighted by atomic mass is 10.2. The van der Waals surface area contributed by atoms with Crippen LogP contribution in [-0.2, 0) is 0 Å². The molecule has 0 bridgehead atoms. The molecular weight excluding hydrogens is 188 g/mol. The second-order valence-electron chi connectivity index (χ2n) is 3.05. The predicted molar refractivity (Wildman–Crippen MR) is 60.6 cm³/mol. The minimum Gasteiger partial charge on any atom is -0.463 e. The van der Waals surface area contributed by atoms with E-state index in [9.17, 15) is 0 Å². The first-order valence-electron chi connectivity index (χ1n) is 4.75. The third-order valence-electron chi connectivity index (χ3n) is 2.00. The van der Waals surface area contributed by atoms with Crippen LogP contribution in [-0.4, -0.2) is 11.5 Å². The molecule has 0 atom stereocenters. The summed E-state index contributed by atoms with van der Waals surface area (Å²) < 4.78 is 5.31. The SMILES string of the molecule is C=CCNc1cccnc1-c1ccco1. The van der Waals surface area contributed by atoms with Crippen LogP contribution in [0, 0.1) is 0 Å². The Kier molecular flexibility index (Phi) is 2.83. The highest BCUT2D eigenvalue weighted by molar-refractivity contribution is 5.70. The maximum Gasteiger partial charge on any atom is 0.154 e. The van der Waals surface area contributed by atoms with E-state index in [4.69, 9.17) is 4.42 Å². The average Bonchev–Trinajstić information content (AvgIpc) is 2.80. The Morgan fingerprint density at radius 2 is 2.33 bits per heavy atom. The molecule has 0 aliphatic carbocycles. The van der Waals surface area contributed by atoms with Crippen molar-refractivity contribution in [2.75, 3.05) is 11.9 Å². The van der Waals surface area contributed by atoms with Crippen molar-refractivity contribution >= 4 is 5.69 Å². The van der Waals surface area contributed by atoms with Gasteiger partial charge >= 0.3 is 0 Å². The van der Waals surface area contributed by atoms with Gasteiger partial charge in [-0.25, -0.2) is 0 Å². The van der Waals surface area contributed by atoms with Crippen LogP contribution in [0.5, 0.6) is 0 Å². The van der Waals surface area contributed by atoms with Gasteiger partial charge in [-0.15, -0.1) is 6.58 Å². The van der Waals surface area contributed by atoms with Crippen LogP contribution in [0.1, 0.15) is 0 Å². The topological polar surface area (TPSA) is 38.1 Å². The molecule has 1 N–H and O–H groups in total. The molecule has 76 valence electrons. The highest BCUT2D eigenvalue weighted by Crippen LogP contribution is 2.25. The lowest BCUT2D eigenvalue weighted by molar-refractivity contribution is 0.580. The largest absolute Gasteiger partial charge is 0.463 e. The molecule has 0 aromatic carbocycles. The lowest BCUT2D eigenvalue weighted by Crippen LogP contribution is -2.00. The summed E-state index contributed by atoms with van der Waals surface area (Å²) in [6.45, 7) is 4.37. The van der Waals surface area contributed by atoms with Crippen molar-refractivity contribution in [3.63, 3.8) is 0 Å². The number of nitrogens with zero attached hydrogens (tertiary/aromatic N) is 1. The zero-order valence-electron chi connectivity index (χ0n) is 8.31. The summed E-state index contributed by atoms with van der Waals surface area (Å²) in [7, 11) is 0. The zero-order chi connectivity index (χ0) is 10.5. The van der Waals surface area contributed by atoms with Gasteiger partial charge in [-0.3, -0.25) is 4.98 Å². The number of hydrogen-bond acceptors (Lipinski definition) is 3. The smallest absolute Gasteiger partial charge is 0.154 e. The van der Waals surface area contributed by atoms with E-state index in [1.165, 1.54) is 0 Å². The van der Waals surface area contributed by atoms with E-state index >= 15 is 0 Å². The molecule has 3 heteroatoms. The highest BCUT2D eigenvalue weighted by atomic mass is 16.3. The first-order chi connectivity index (χ1) is 7.42. The van der Waals surface area contributed by atoms with E-state index in [-0.39, 0.29) is 0 Å². The number of hydrogen-bond donors (Lipinski definition) is 1. The number of furan rings is 1. The molecule has 15 heavy (non-hydrogen) atoms. The molecule has 2 heterocycles. The van der Waals surface area contributed by atoms with Crippen molar-refractivity contribution in [1.29, 1.82) is 0 Å². The first-order valence-corrected chi connectivity index (χ1v) is 4.75. The van der Waals surface area contributed by atoms with Gasteiger partial charge in [0.1, 0.15) is 5.69 Å². The Bertz CT molecular complexity index is 435. The summed E-state index contributed by atoms with van der Waals surface area (Å²) in [5.41, 5.74) is 1.77. The number of rotatable bonds is 4. The van der Waals surface area contributed by atoms with Crippen molar-refractivity contribution in [2.45, 2.75) is 0 Å². The quantitative estimate of drug-likeness (QED) is 0.771. The van der Waals surface area contributed by atoms with Gasteiger partial charge < -0.3 is 9.73 Å². The van der Waals surface area contributed by atoms with Crippen molar-refractivity contribution in [3.05, 3.63) is 49.4 Å². The van der Waals surface area contributed by atoms with Crippen LogP contribution in [0.4, 0.5) is 5.69 Å². The van der Waals surface area contributed by atoms with E-state index in [2.05, 4.69) is 16.9 Å². The Morgan fingerprint density at radius 1 is 1.40 bits per heavy atom. The molecule has 2 rings (SSSR count). The van der Waals surface area contributed by atoms with Gasteiger partial charge in [0.15, 0.2) is 5.76 Å². The lowest BCUT2D eigenvalue weighted by Gasteiger charge is -2.06. The molecule has 2 aromatic rings. The fourth-order valence-electron chi connectivity index (χ4n) is 1.34. The summed E-state index contributed by atoms with van der Waals surface area (Å²) in [6.07, 6.45) is 5.19. The van der Waals surface area contributed by atoms with Gasteiger partial charge in [-0.2, -0.15) is 0 Å². The van der Waals surface area contributed by atoms with Gasteiger partial charge in [0.2, 0.25) is 0 Å². The van der Waals surface area contributed by atoms with E-state index in [0.717, 1.165) is 17.1 Å². The number of nitrogens with one attached hydrogen (secondary N) is 1. The van der Waals surface area contributed by atoms with Crippen LogP contribution in [0.25, 0.3) is 11.5 Å². The standard InChI is InChI=1S/C12H12N2O/c1-2-7-13-10-5-3-8-14-12(10)11-6-4-9-15-11/h2-6,8-9,13H,1,7H2. The molecule has 0 amide bonds. The Hall–Kier alpha value is -2.03. The second-order valence-corrected chi connectivity index (χ2v) is 3.05. The first kappa shape index (κ1) is 9.52. The predicted octanol–water partition coefficient (Wildman–Crippen LogP) is 2.94. The van der Waals surface area contributed by atoms with Crippen LogP contribution in [0.2, 0.25) is 0 Å². The van der Waals surface area contributed by atoms with E-state index in [1.807, 2.05) is 24.3 Å². The molecule has 0 aliphatic rings. The van der Waals surface area contributed by atoms with Crippen molar-refractivity contribution in [3.8, 4) is 11.5 Å². The highest BCUT2D eigenvalue weighted by Gasteiger charge is 2.07. The van der Waals surface area contributed by atoms with Gasteiger partial charge in [0.05, 0.1) is 12.0 Å². The molecule has 2 aromatic heterocycles. The normalized spacial score (nSPS) is 9.87. The van der Waals surface area contributed by atoms with Crippen LogP contribution < -0.4 is 5.32 Å². The van der Waals surface area contributed by atoms with Gasteiger partial charge in [0, 0.05) is 12.7 Å². The zero-order valence-corrected chi connectivity index (χ0v) is 8.31. The van der Waals surface area contributed by atoms with Crippen LogP contribution >= 0.6 is 0 Å². The van der Waals surface area contributed by atoms with Crippen molar-refractivity contribution in [2.24, 2.45) is 0 Å². The molecule has 0 spiro atoms. The maximum absolute atomic E-state index is 5.31. The number of anilines is 1. The summed E-state index contributed by atoms with van der Waals surface area (Å²) in [4.78, 5) is 4.28. The molecule has 3 nitrogen and oxygen atoms in total. The fraction of sp³-hybridized carbons (Fsp3) is 0.0833. The molecule has 0 unspecified atom stereocenters. The number of pyridine rings is 1. The molecule has 0 saturated heterocycles. The molecule has 0 saturated carbocycles. The summed E-state index contributed by atoms with van der Waals surface area (Å²) in [6, 6.07) is 7.59. The Labute approximate surface area is 88.5 Å². The van der Waals surface area contributed by atoms with E-state index < -0.39 is 0 Å². The second kappa shape index (κ2) is 4.46. The van der Waals surface area contributed by atoms with Gasteiger partial charge in [-0.05, 0) is 24.3 Å². The minimum absolute atomic E-state index is 0.708. The Balaban J connectivity index is 2.34. The van der Waals surface area contributed by atoms with Crippen LogP contribution in [0.3, 0.4) is 0 Å². The molecule has 0 aliphatic heterocycles. The van der Waals surface area contributed by atoms with Gasteiger partial charge in [0.25, 0.3) is 0 Å². The van der Waals surface area contributed by atoms with E-state index in [0.29, 0.717) is 6.54 Å². The molecular formula is C12H12N2O. The van der Waals surface area contributed by atoms with Crippen LogP contribution in [0.15, 0.2) is 53.8 Å². The third-order valence-corrected chi connectivity index (χ3v) is 2.00. The monoisotopic (exact) mass is 200 g/mol. The van der Waals surface area contributed by atoms with Gasteiger partial charge in [-0.1, -0.05) is 6.08 Å². The third kappa shape index (κ3) is 2.07. The van der Waals surface area contributed by atoms with Crippen molar-refractivity contribution < 1.29 is 4.42 Å². The summed E-state index contributed by atoms with van der Waals surface area (Å²) in [5, 5.41) is 3.21. The fourth-order valence-corrected chi connectivity index (χ4v) is 1.34. The maximum atomic E-state index is 5.31. The Morgan fingerprint density at radius 3 is 3.07 bits per heavy atom.